The summed E-state index contributed by atoms with van der Waals surface area (Å²) >= 11 is 0. The van der Waals surface area contributed by atoms with Crippen LogP contribution in [-0.2, 0) is 0 Å². The maximum absolute atomic E-state index is 4.63. The van der Waals surface area contributed by atoms with Gasteiger partial charge in [0.15, 0.2) is 0 Å². The van der Waals surface area contributed by atoms with Crippen molar-refractivity contribution in [1.29, 1.82) is 0 Å². The molecule has 20 heavy (non-hydrogen) atoms. The summed E-state index contributed by atoms with van der Waals surface area (Å²) in [5, 5.41) is 2.54. The maximum Gasteiger partial charge on any atom is 0.136 e. The van der Waals surface area contributed by atoms with E-state index in [2.05, 4.69) is 65.9 Å². The first-order valence-electron chi connectivity index (χ1n) is 7.39. The van der Waals surface area contributed by atoms with Crippen LogP contribution in [0.3, 0.4) is 0 Å². The zero-order valence-corrected chi connectivity index (χ0v) is 12.6. The van der Waals surface area contributed by atoms with Gasteiger partial charge in [-0.1, -0.05) is 24.3 Å². The monoisotopic (exact) mass is 269 g/mol. The number of rotatable bonds is 1. The lowest BCUT2D eigenvalue weighted by atomic mass is 10.0. The lowest BCUT2D eigenvalue weighted by Gasteiger charge is -2.42. The number of benzene rings is 1. The van der Waals surface area contributed by atoms with E-state index in [0.717, 1.165) is 32.0 Å². The molecule has 0 radical (unpaired) electrons. The van der Waals surface area contributed by atoms with E-state index in [1.807, 2.05) is 6.20 Å². The third-order valence-electron chi connectivity index (χ3n) is 4.18. The molecule has 1 fully saturated rings. The fourth-order valence-corrected chi connectivity index (χ4v) is 2.94. The Hall–Kier alpha value is -1.61. The molecule has 106 valence electrons. The first-order valence-corrected chi connectivity index (χ1v) is 7.39. The minimum atomic E-state index is 0.262. The fourth-order valence-electron chi connectivity index (χ4n) is 2.94. The molecule has 1 aliphatic rings. The molecule has 0 aliphatic carbocycles. The molecule has 3 nitrogen and oxygen atoms in total. The molecule has 3 heteroatoms. The number of hydrogen-bond donors (Lipinski definition) is 0. The summed E-state index contributed by atoms with van der Waals surface area (Å²) in [4.78, 5) is 9.60. The van der Waals surface area contributed by atoms with Gasteiger partial charge in [-0.15, -0.1) is 0 Å². The first-order chi connectivity index (χ1) is 9.55. The summed E-state index contributed by atoms with van der Waals surface area (Å²) in [5.41, 5.74) is 0.262. The molecule has 0 atom stereocenters. The molecule has 1 aliphatic heterocycles. The third-order valence-corrected chi connectivity index (χ3v) is 4.18. The Morgan fingerprint density at radius 1 is 0.950 bits per heavy atom. The second kappa shape index (κ2) is 5.06. The fraction of sp³-hybridized carbons (Fsp3) is 0.471. The van der Waals surface area contributed by atoms with Gasteiger partial charge >= 0.3 is 0 Å². The Morgan fingerprint density at radius 2 is 1.65 bits per heavy atom. The summed E-state index contributed by atoms with van der Waals surface area (Å²) in [6, 6.07) is 10.6. The molecule has 0 saturated carbocycles. The van der Waals surface area contributed by atoms with Gasteiger partial charge in [0.1, 0.15) is 5.82 Å². The van der Waals surface area contributed by atoms with Crippen LogP contribution in [0.5, 0.6) is 0 Å². The number of hydrogen-bond acceptors (Lipinski definition) is 3. The van der Waals surface area contributed by atoms with E-state index >= 15 is 0 Å². The van der Waals surface area contributed by atoms with Gasteiger partial charge in [0, 0.05) is 43.3 Å². The molecule has 0 spiro atoms. The van der Waals surface area contributed by atoms with E-state index in [9.17, 15) is 0 Å². The summed E-state index contributed by atoms with van der Waals surface area (Å²) < 4.78 is 0. The first kappa shape index (κ1) is 13.4. The average molecular weight is 269 g/mol. The van der Waals surface area contributed by atoms with E-state index < -0.39 is 0 Å². The van der Waals surface area contributed by atoms with Gasteiger partial charge in [0.25, 0.3) is 0 Å². The van der Waals surface area contributed by atoms with Crippen LogP contribution in [0, 0.1) is 0 Å². The van der Waals surface area contributed by atoms with Crippen LogP contribution >= 0.6 is 0 Å². The van der Waals surface area contributed by atoms with Crippen molar-refractivity contribution in [3.8, 4) is 0 Å². The highest BCUT2D eigenvalue weighted by Gasteiger charge is 2.26. The van der Waals surface area contributed by atoms with Gasteiger partial charge in [-0.25, -0.2) is 4.98 Å². The maximum atomic E-state index is 4.63. The van der Waals surface area contributed by atoms with Crippen molar-refractivity contribution in [3.63, 3.8) is 0 Å². The molecular weight excluding hydrogens is 246 g/mol. The molecule has 1 saturated heterocycles. The van der Waals surface area contributed by atoms with Gasteiger partial charge < -0.3 is 4.90 Å². The molecule has 1 aromatic carbocycles. The second-order valence-electron chi connectivity index (χ2n) is 6.50. The second-order valence-corrected chi connectivity index (χ2v) is 6.50. The van der Waals surface area contributed by atoms with Crippen LogP contribution in [-0.4, -0.2) is 41.6 Å². The number of aromatic nitrogens is 1. The molecular formula is C17H23N3. The minimum absolute atomic E-state index is 0.262. The predicted molar refractivity (Wildman–Crippen MR) is 85.3 cm³/mol. The van der Waals surface area contributed by atoms with Crippen LogP contribution in [0.2, 0.25) is 0 Å². The van der Waals surface area contributed by atoms with Crippen LogP contribution in [0.1, 0.15) is 20.8 Å². The number of piperazine rings is 1. The van der Waals surface area contributed by atoms with Gasteiger partial charge in [0.05, 0.1) is 0 Å². The molecule has 2 heterocycles. The largest absolute Gasteiger partial charge is 0.354 e. The minimum Gasteiger partial charge on any atom is -0.354 e. The number of anilines is 1. The standard InChI is InChI=1S/C17H23N3/c1-17(2,3)20-12-10-19(11-13-20)16-15-7-5-4-6-14(15)8-9-18-16/h4-9H,10-13H2,1-3H3. The van der Waals surface area contributed by atoms with Crippen LogP contribution in [0.4, 0.5) is 5.82 Å². The van der Waals surface area contributed by atoms with Crippen molar-refractivity contribution in [1.82, 2.24) is 9.88 Å². The van der Waals surface area contributed by atoms with Crippen LogP contribution < -0.4 is 4.90 Å². The van der Waals surface area contributed by atoms with Crippen molar-refractivity contribution in [2.75, 3.05) is 31.1 Å². The summed E-state index contributed by atoms with van der Waals surface area (Å²) in [5.74, 6) is 1.14. The van der Waals surface area contributed by atoms with Crippen LogP contribution in [0.15, 0.2) is 36.5 Å². The van der Waals surface area contributed by atoms with Crippen molar-refractivity contribution < 1.29 is 0 Å². The summed E-state index contributed by atoms with van der Waals surface area (Å²) in [6.45, 7) is 11.2. The average Bonchev–Trinajstić information content (AvgIpc) is 2.46. The van der Waals surface area contributed by atoms with Crippen molar-refractivity contribution in [2.24, 2.45) is 0 Å². The highest BCUT2D eigenvalue weighted by atomic mass is 15.3. The molecule has 0 N–H and O–H groups in total. The van der Waals surface area contributed by atoms with Gasteiger partial charge in [-0.2, -0.15) is 0 Å². The lowest BCUT2D eigenvalue weighted by Crippen LogP contribution is -2.53. The van der Waals surface area contributed by atoms with Crippen molar-refractivity contribution in [2.45, 2.75) is 26.3 Å². The predicted octanol–water partition coefficient (Wildman–Crippen LogP) is 3.16. The Morgan fingerprint density at radius 3 is 2.35 bits per heavy atom. The van der Waals surface area contributed by atoms with E-state index in [1.165, 1.54) is 10.8 Å². The van der Waals surface area contributed by atoms with E-state index in [4.69, 9.17) is 0 Å². The molecule has 0 unspecified atom stereocenters. The number of nitrogens with zero attached hydrogens (tertiary/aromatic N) is 3. The molecule has 0 amide bonds. The number of pyridine rings is 1. The summed E-state index contributed by atoms with van der Waals surface area (Å²) in [7, 11) is 0. The molecule has 1 aromatic heterocycles. The van der Waals surface area contributed by atoms with E-state index in [-0.39, 0.29) is 5.54 Å². The Kier molecular flexibility index (Phi) is 3.38. The number of fused-ring (bicyclic) bond motifs is 1. The Balaban J connectivity index is 1.84. The molecule has 0 bridgehead atoms. The van der Waals surface area contributed by atoms with Crippen molar-refractivity contribution in [3.05, 3.63) is 36.5 Å². The van der Waals surface area contributed by atoms with Crippen molar-refractivity contribution >= 4 is 16.6 Å². The quantitative estimate of drug-likeness (QED) is 0.793. The van der Waals surface area contributed by atoms with E-state index in [1.54, 1.807) is 0 Å². The topological polar surface area (TPSA) is 19.4 Å². The van der Waals surface area contributed by atoms with Gasteiger partial charge in [-0.05, 0) is 32.2 Å². The van der Waals surface area contributed by atoms with Gasteiger partial charge in [0.2, 0.25) is 0 Å². The smallest absolute Gasteiger partial charge is 0.136 e. The SMILES string of the molecule is CC(C)(C)N1CCN(c2nccc3ccccc23)CC1. The zero-order valence-electron chi connectivity index (χ0n) is 12.6. The third kappa shape index (κ3) is 2.50. The summed E-state index contributed by atoms with van der Waals surface area (Å²) in [6.07, 6.45) is 1.92. The molecule has 3 rings (SSSR count). The van der Waals surface area contributed by atoms with Crippen LogP contribution in [0.25, 0.3) is 10.8 Å². The normalized spacial score (nSPS) is 17.6. The lowest BCUT2D eigenvalue weighted by molar-refractivity contribution is 0.128. The Bertz CT molecular complexity index is 587. The Labute approximate surface area is 121 Å². The molecule has 2 aromatic rings. The highest BCUT2D eigenvalue weighted by Crippen LogP contribution is 2.26. The van der Waals surface area contributed by atoms with E-state index in [0.29, 0.717) is 0 Å². The zero-order chi connectivity index (χ0) is 14.2. The van der Waals surface area contributed by atoms with Gasteiger partial charge in [-0.3, -0.25) is 4.90 Å². The highest BCUT2D eigenvalue weighted by molar-refractivity contribution is 5.92.